The van der Waals surface area contributed by atoms with Crippen molar-refractivity contribution >= 4 is 22.0 Å². The molecular formula is C13H19N3O2S. The van der Waals surface area contributed by atoms with E-state index in [9.17, 15) is 8.42 Å². The number of rotatable bonds is 6. The number of hydrogen-bond donors (Lipinski definition) is 1. The third-order valence-electron chi connectivity index (χ3n) is 2.94. The number of hydrogen-bond acceptors (Lipinski definition) is 4. The molecule has 6 heteroatoms. The lowest BCUT2D eigenvalue weighted by Crippen LogP contribution is -2.34. The van der Waals surface area contributed by atoms with Crippen LogP contribution >= 0.6 is 0 Å². The lowest BCUT2D eigenvalue weighted by molar-refractivity contribution is 0.506. The molecule has 0 aromatic heterocycles. The van der Waals surface area contributed by atoms with Gasteiger partial charge in [-0.1, -0.05) is 19.1 Å². The van der Waals surface area contributed by atoms with Crippen molar-refractivity contribution < 1.29 is 8.42 Å². The van der Waals surface area contributed by atoms with Crippen molar-refractivity contribution in [2.24, 2.45) is 4.99 Å². The zero-order valence-electron chi connectivity index (χ0n) is 11.0. The Bertz CT molecular complexity index is 555. The quantitative estimate of drug-likeness (QED) is 0.808. The number of para-hydroxylation sites is 1. The number of aliphatic imine (C=N–C) groups is 1. The summed E-state index contributed by atoms with van der Waals surface area (Å²) in [5, 5.41) is 3.26. The predicted octanol–water partition coefficient (Wildman–Crippen LogP) is 1.74. The van der Waals surface area contributed by atoms with E-state index in [1.165, 1.54) is 10.6 Å². The van der Waals surface area contributed by atoms with Gasteiger partial charge in [0.15, 0.2) is 0 Å². The Kier molecular flexibility index (Phi) is 4.55. The third-order valence-corrected chi connectivity index (χ3v) is 4.73. The van der Waals surface area contributed by atoms with Crippen molar-refractivity contribution in [3.05, 3.63) is 24.3 Å². The summed E-state index contributed by atoms with van der Waals surface area (Å²) in [5.41, 5.74) is 0.517. The molecule has 19 heavy (non-hydrogen) atoms. The van der Waals surface area contributed by atoms with Gasteiger partial charge >= 0.3 is 0 Å². The maximum Gasteiger partial charge on any atom is 0.267 e. The van der Waals surface area contributed by atoms with Gasteiger partial charge < -0.3 is 5.32 Å². The first-order valence-corrected chi connectivity index (χ1v) is 7.96. The van der Waals surface area contributed by atoms with Crippen LogP contribution in [0.3, 0.4) is 0 Å². The van der Waals surface area contributed by atoms with Gasteiger partial charge in [0.05, 0.1) is 5.69 Å². The maximum absolute atomic E-state index is 12.3. The van der Waals surface area contributed by atoms with Crippen LogP contribution in [-0.2, 0) is 10.0 Å². The Labute approximate surface area is 114 Å². The molecule has 5 nitrogen and oxygen atoms in total. The average molecular weight is 281 g/mol. The molecule has 0 bridgehead atoms. The summed E-state index contributed by atoms with van der Waals surface area (Å²) in [6.07, 6.45) is 3.27. The Morgan fingerprint density at radius 1 is 1.26 bits per heavy atom. The monoisotopic (exact) mass is 281 g/mol. The second-order valence-electron chi connectivity index (χ2n) is 4.43. The van der Waals surface area contributed by atoms with E-state index in [1.807, 2.05) is 0 Å². The number of nitrogens with zero attached hydrogens (tertiary/aromatic N) is 2. The summed E-state index contributed by atoms with van der Waals surface area (Å²) in [4.78, 5) is 4.48. The van der Waals surface area contributed by atoms with Gasteiger partial charge in [0.1, 0.15) is 11.2 Å². The van der Waals surface area contributed by atoms with Crippen LogP contribution in [-0.4, -0.2) is 38.7 Å². The largest absolute Gasteiger partial charge is 0.317 e. The molecule has 104 valence electrons. The van der Waals surface area contributed by atoms with Gasteiger partial charge in [0, 0.05) is 6.54 Å². The highest BCUT2D eigenvalue weighted by molar-refractivity contribution is 7.89. The molecule has 0 fully saturated rings. The zero-order valence-corrected chi connectivity index (χ0v) is 11.9. The molecule has 2 rings (SSSR count). The molecule has 1 N–H and O–H groups in total. The van der Waals surface area contributed by atoms with Crippen LogP contribution in [0, 0.1) is 0 Å². The first-order valence-electron chi connectivity index (χ1n) is 6.52. The summed E-state index contributed by atoms with van der Waals surface area (Å²) < 4.78 is 26.0. The normalized spacial score (nSPS) is 16.4. The first kappa shape index (κ1) is 14.0. The average Bonchev–Trinajstić information content (AvgIpc) is 2.41. The van der Waals surface area contributed by atoms with Gasteiger partial charge in [-0.15, -0.1) is 0 Å². The van der Waals surface area contributed by atoms with Crippen LogP contribution in [0.15, 0.2) is 34.2 Å². The Hall–Kier alpha value is -1.40. The number of fused-ring (bicyclic) bond motifs is 1. The van der Waals surface area contributed by atoms with E-state index >= 15 is 0 Å². The first-order chi connectivity index (χ1) is 9.16. The molecule has 1 aromatic carbocycles. The molecule has 0 radical (unpaired) electrons. The number of benzene rings is 1. The van der Waals surface area contributed by atoms with Crippen molar-refractivity contribution in [1.82, 2.24) is 9.62 Å². The van der Waals surface area contributed by atoms with Crippen LogP contribution < -0.4 is 5.32 Å². The van der Waals surface area contributed by atoms with Gasteiger partial charge in [0.2, 0.25) is 0 Å². The summed E-state index contributed by atoms with van der Waals surface area (Å²) in [7, 11) is -3.42. The highest BCUT2D eigenvalue weighted by Gasteiger charge is 2.27. The molecule has 0 spiro atoms. The van der Waals surface area contributed by atoms with Gasteiger partial charge in [-0.25, -0.2) is 13.4 Å². The van der Waals surface area contributed by atoms with Crippen LogP contribution in [0.4, 0.5) is 5.69 Å². The van der Waals surface area contributed by atoms with Crippen LogP contribution in [0.2, 0.25) is 0 Å². The lowest BCUT2D eigenvalue weighted by Gasteiger charge is -2.23. The van der Waals surface area contributed by atoms with Crippen LogP contribution in [0.25, 0.3) is 0 Å². The smallest absolute Gasteiger partial charge is 0.267 e. The highest BCUT2D eigenvalue weighted by Crippen LogP contribution is 2.29. The van der Waals surface area contributed by atoms with Gasteiger partial charge in [-0.05, 0) is 38.1 Å². The fraction of sp³-hybridized carbons (Fsp3) is 0.462. The standard InChI is InChI=1S/C13H19N3O2S/c1-2-8-14-9-5-10-16-11-15-12-6-3-4-7-13(12)19(16,17)18/h3-4,6-7,11,14H,2,5,8-10H2,1H3. The van der Waals surface area contributed by atoms with Crippen molar-refractivity contribution in [2.75, 3.05) is 19.6 Å². The van der Waals surface area contributed by atoms with Crippen LogP contribution in [0.5, 0.6) is 0 Å². The van der Waals surface area contributed by atoms with E-state index in [0.29, 0.717) is 17.1 Å². The zero-order chi connectivity index (χ0) is 13.7. The van der Waals surface area contributed by atoms with Crippen molar-refractivity contribution in [3.63, 3.8) is 0 Å². The minimum Gasteiger partial charge on any atom is -0.317 e. The SMILES string of the molecule is CCCNCCCN1C=Nc2ccccc2S1(=O)=O. The van der Waals surface area contributed by atoms with Crippen molar-refractivity contribution in [3.8, 4) is 0 Å². The highest BCUT2D eigenvalue weighted by atomic mass is 32.2. The lowest BCUT2D eigenvalue weighted by atomic mass is 10.3. The summed E-state index contributed by atoms with van der Waals surface area (Å²) >= 11 is 0. The molecular weight excluding hydrogens is 262 g/mol. The second-order valence-corrected chi connectivity index (χ2v) is 6.29. The Morgan fingerprint density at radius 3 is 2.84 bits per heavy atom. The van der Waals surface area contributed by atoms with Crippen LogP contribution in [0.1, 0.15) is 19.8 Å². The fourth-order valence-electron chi connectivity index (χ4n) is 1.94. The molecule has 0 unspecified atom stereocenters. The minimum atomic E-state index is -3.42. The summed E-state index contributed by atoms with van der Waals surface area (Å²) in [5.74, 6) is 0. The molecule has 0 amide bonds. The Morgan fingerprint density at radius 2 is 2.05 bits per heavy atom. The van der Waals surface area contributed by atoms with E-state index in [1.54, 1.807) is 24.3 Å². The summed E-state index contributed by atoms with van der Waals surface area (Å²) in [6.45, 7) is 4.33. The van der Waals surface area contributed by atoms with E-state index in [0.717, 1.165) is 25.9 Å². The Balaban J connectivity index is 2.01. The minimum absolute atomic E-state index is 0.291. The van der Waals surface area contributed by atoms with Crippen molar-refractivity contribution in [1.29, 1.82) is 0 Å². The molecule has 1 aromatic rings. The van der Waals surface area contributed by atoms with Crippen molar-refractivity contribution in [2.45, 2.75) is 24.7 Å². The molecule has 0 atom stereocenters. The molecule has 0 saturated heterocycles. The molecule has 0 aliphatic carbocycles. The van der Waals surface area contributed by atoms with E-state index in [4.69, 9.17) is 0 Å². The third kappa shape index (κ3) is 3.13. The summed E-state index contributed by atoms with van der Waals surface area (Å²) in [6, 6.07) is 6.82. The van der Waals surface area contributed by atoms with Gasteiger partial charge in [0.25, 0.3) is 10.0 Å². The van der Waals surface area contributed by atoms with E-state index in [2.05, 4.69) is 17.2 Å². The number of nitrogens with one attached hydrogen (secondary N) is 1. The fourth-order valence-corrected chi connectivity index (χ4v) is 3.37. The topological polar surface area (TPSA) is 61.8 Å². The predicted molar refractivity (Wildman–Crippen MR) is 76.3 cm³/mol. The second kappa shape index (κ2) is 6.16. The van der Waals surface area contributed by atoms with E-state index < -0.39 is 10.0 Å². The maximum atomic E-state index is 12.3. The van der Waals surface area contributed by atoms with Gasteiger partial charge in [-0.2, -0.15) is 0 Å². The number of sulfonamides is 1. The molecule has 1 aliphatic rings. The molecule has 0 saturated carbocycles. The molecule has 1 heterocycles. The molecule has 1 aliphatic heterocycles. The van der Waals surface area contributed by atoms with Gasteiger partial charge in [-0.3, -0.25) is 4.31 Å². The van der Waals surface area contributed by atoms with E-state index in [-0.39, 0.29) is 0 Å².